The van der Waals surface area contributed by atoms with Gasteiger partial charge < -0.3 is 15.3 Å². The summed E-state index contributed by atoms with van der Waals surface area (Å²) in [5.41, 5.74) is 1.70. The van der Waals surface area contributed by atoms with Crippen molar-refractivity contribution < 1.29 is 23.1 Å². The monoisotopic (exact) mass is 506 g/mol. The molecule has 2 N–H and O–H groups in total. The van der Waals surface area contributed by atoms with Gasteiger partial charge in [0, 0.05) is 33.2 Å². The topological polar surface area (TPSA) is 114 Å². The molecule has 1 fully saturated rings. The van der Waals surface area contributed by atoms with Gasteiger partial charge in [0.05, 0.1) is 12.2 Å². The summed E-state index contributed by atoms with van der Waals surface area (Å²) in [6.45, 7) is 7.31. The lowest BCUT2D eigenvalue weighted by Gasteiger charge is -2.28. The molecule has 4 rings (SSSR count). The summed E-state index contributed by atoms with van der Waals surface area (Å²) in [6.07, 6.45) is -5.08. The van der Waals surface area contributed by atoms with E-state index in [1.54, 1.807) is 6.92 Å². The number of carbonyl (C=O) groups is 1. The van der Waals surface area contributed by atoms with Crippen LogP contribution in [0.25, 0.3) is 16.9 Å². The van der Waals surface area contributed by atoms with Crippen molar-refractivity contribution in [1.82, 2.24) is 24.0 Å². The number of piperazine rings is 1. The fourth-order valence-corrected chi connectivity index (χ4v) is 3.70. The molecule has 0 atom stereocenters. The van der Waals surface area contributed by atoms with Gasteiger partial charge >= 0.3 is 17.8 Å². The second kappa shape index (κ2) is 10.7. The zero-order valence-electron chi connectivity index (χ0n) is 19.9. The Morgan fingerprint density at radius 1 is 1.22 bits per heavy atom. The van der Waals surface area contributed by atoms with Gasteiger partial charge in [0.2, 0.25) is 5.95 Å². The third-order valence-corrected chi connectivity index (χ3v) is 5.44. The Labute approximate surface area is 203 Å². The molecule has 13 heteroatoms. The number of hydrogen-bond acceptors (Lipinski definition) is 6. The number of anilines is 1. The first-order valence-electron chi connectivity index (χ1n) is 10.9. The zero-order valence-corrected chi connectivity index (χ0v) is 19.9. The first kappa shape index (κ1) is 26.6. The number of carboxylic acid groups (broad SMARTS) is 1. The highest BCUT2D eigenvalue weighted by Gasteiger charge is 2.38. The average molecular weight is 506 g/mol. The molecule has 0 bridgehead atoms. The lowest BCUT2D eigenvalue weighted by molar-refractivity contribution is -0.192. The number of carboxylic acids is 1. The number of halogens is 3. The van der Waals surface area contributed by atoms with Gasteiger partial charge in [0.25, 0.3) is 5.56 Å². The number of nitrogens with one attached hydrogen (secondary N) is 1. The fourth-order valence-electron chi connectivity index (χ4n) is 3.70. The number of aromatic nitrogens is 4. The predicted molar refractivity (Wildman–Crippen MR) is 128 cm³/mol. The molecular formula is C23H25F3N6O4. The van der Waals surface area contributed by atoms with Crippen molar-refractivity contribution in [1.29, 1.82) is 0 Å². The molecule has 0 saturated carbocycles. The number of aliphatic carboxylic acids is 1. The van der Waals surface area contributed by atoms with Crippen molar-refractivity contribution in [3.05, 3.63) is 50.7 Å². The minimum atomic E-state index is -5.08. The van der Waals surface area contributed by atoms with Gasteiger partial charge in [-0.1, -0.05) is 18.1 Å². The van der Waals surface area contributed by atoms with Gasteiger partial charge in [-0.2, -0.15) is 18.2 Å². The van der Waals surface area contributed by atoms with Crippen molar-refractivity contribution in [3.63, 3.8) is 0 Å². The van der Waals surface area contributed by atoms with E-state index in [2.05, 4.69) is 22.1 Å². The molecule has 0 aliphatic carbocycles. The highest BCUT2D eigenvalue weighted by atomic mass is 19.4. The van der Waals surface area contributed by atoms with Crippen molar-refractivity contribution >= 4 is 23.1 Å². The number of alkyl halides is 3. The molecule has 0 amide bonds. The van der Waals surface area contributed by atoms with Crippen LogP contribution in [0.1, 0.15) is 12.5 Å². The molecule has 0 radical (unpaired) electrons. The number of hydrogen-bond donors (Lipinski definition) is 2. The lowest BCUT2D eigenvalue weighted by Crippen LogP contribution is -2.44. The molecule has 0 spiro atoms. The van der Waals surface area contributed by atoms with E-state index in [0.717, 1.165) is 36.3 Å². The van der Waals surface area contributed by atoms with E-state index in [1.165, 1.54) is 11.6 Å². The molecule has 10 nitrogen and oxygen atoms in total. The quantitative estimate of drug-likeness (QED) is 0.514. The number of rotatable bonds is 3. The smallest absolute Gasteiger partial charge is 0.475 e. The van der Waals surface area contributed by atoms with E-state index in [4.69, 9.17) is 14.9 Å². The van der Waals surface area contributed by atoms with Crippen molar-refractivity contribution in [2.75, 3.05) is 31.1 Å². The Balaban J connectivity index is 0.000000454. The van der Waals surface area contributed by atoms with E-state index in [-0.39, 0.29) is 5.56 Å². The zero-order chi connectivity index (χ0) is 26.6. The summed E-state index contributed by atoms with van der Waals surface area (Å²) in [4.78, 5) is 42.0. The van der Waals surface area contributed by atoms with Crippen molar-refractivity contribution in [2.45, 2.75) is 26.6 Å². The summed E-state index contributed by atoms with van der Waals surface area (Å²) < 4.78 is 36.2. The Kier molecular flexibility index (Phi) is 7.89. The molecule has 3 aromatic rings. The summed E-state index contributed by atoms with van der Waals surface area (Å²) in [5, 5.41) is 10.5. The van der Waals surface area contributed by atoms with Gasteiger partial charge in [-0.15, -0.1) is 5.92 Å². The van der Waals surface area contributed by atoms with Crippen LogP contribution in [0.2, 0.25) is 0 Å². The highest BCUT2D eigenvalue weighted by molar-refractivity contribution is 5.77. The van der Waals surface area contributed by atoms with Crippen LogP contribution >= 0.6 is 0 Å². The normalized spacial score (nSPS) is 13.6. The van der Waals surface area contributed by atoms with Crippen LogP contribution in [-0.2, 0) is 18.4 Å². The molecule has 2 aromatic heterocycles. The minimum absolute atomic E-state index is 0.341. The average Bonchev–Trinajstić information content (AvgIpc) is 3.21. The Bertz CT molecular complexity index is 1450. The van der Waals surface area contributed by atoms with Gasteiger partial charge in [-0.25, -0.2) is 14.2 Å². The number of fused-ring (bicyclic) bond motifs is 1. The highest BCUT2D eigenvalue weighted by Crippen LogP contribution is 2.22. The molecule has 192 valence electrons. The minimum Gasteiger partial charge on any atom is -0.475 e. The van der Waals surface area contributed by atoms with Crippen molar-refractivity contribution in [3.8, 4) is 17.5 Å². The SMILES string of the molecule is CC#CCn1c(N2CCNCC2)nc2c1c(=O)n(C)c(=O)n2-c1cccc(C)c1.O=C(O)C(F)(F)F. The maximum Gasteiger partial charge on any atom is 0.490 e. The van der Waals surface area contributed by atoms with Crippen LogP contribution in [0.15, 0.2) is 33.9 Å². The second-order valence-electron chi connectivity index (χ2n) is 7.96. The van der Waals surface area contributed by atoms with Crippen LogP contribution in [0.4, 0.5) is 19.1 Å². The Morgan fingerprint density at radius 3 is 2.42 bits per heavy atom. The number of imidazole rings is 1. The lowest BCUT2D eigenvalue weighted by atomic mass is 10.2. The van der Waals surface area contributed by atoms with E-state index >= 15 is 0 Å². The molecular weight excluding hydrogens is 481 g/mol. The van der Waals surface area contributed by atoms with E-state index in [9.17, 15) is 22.8 Å². The number of benzene rings is 1. The van der Waals surface area contributed by atoms with Gasteiger partial charge in [-0.3, -0.25) is 13.9 Å². The van der Waals surface area contributed by atoms with Gasteiger partial charge in [0.15, 0.2) is 11.2 Å². The first-order chi connectivity index (χ1) is 17.0. The maximum absolute atomic E-state index is 13.1. The predicted octanol–water partition coefficient (Wildman–Crippen LogP) is 1.26. The van der Waals surface area contributed by atoms with Crippen LogP contribution in [0, 0.1) is 18.8 Å². The summed E-state index contributed by atoms with van der Waals surface area (Å²) >= 11 is 0. The van der Waals surface area contributed by atoms with Gasteiger partial charge in [0.1, 0.15) is 0 Å². The molecule has 0 unspecified atom stereocenters. The molecule has 1 aliphatic rings. The summed E-state index contributed by atoms with van der Waals surface area (Å²) in [5.74, 6) is 3.86. The standard InChI is InChI=1S/C21H24N6O2.C2HF3O2/c1-4-5-11-26-17-18(23-20(26)25-12-9-22-10-13-25)27(21(29)24(3)19(17)28)16-8-6-7-15(2)14-16;3-2(4,5)1(6)7/h6-8,14,22H,9-13H2,1-3H3;(H,6,7). The van der Waals surface area contributed by atoms with Crippen LogP contribution in [0.3, 0.4) is 0 Å². The molecule has 1 saturated heterocycles. The number of nitrogens with zero attached hydrogens (tertiary/aromatic N) is 5. The van der Waals surface area contributed by atoms with Crippen molar-refractivity contribution in [2.24, 2.45) is 7.05 Å². The molecule has 1 aliphatic heterocycles. The largest absolute Gasteiger partial charge is 0.490 e. The Hall–Kier alpha value is -4.05. The summed E-state index contributed by atoms with van der Waals surface area (Å²) in [7, 11) is 1.50. The summed E-state index contributed by atoms with van der Waals surface area (Å²) in [6, 6.07) is 7.63. The van der Waals surface area contributed by atoms with Crippen LogP contribution in [0.5, 0.6) is 0 Å². The van der Waals surface area contributed by atoms with E-state index < -0.39 is 17.8 Å². The first-order valence-corrected chi connectivity index (χ1v) is 10.9. The third-order valence-electron chi connectivity index (χ3n) is 5.44. The third kappa shape index (κ3) is 5.44. The number of aryl methyl sites for hydroxylation is 1. The fraction of sp³-hybridized carbons (Fsp3) is 0.391. The Morgan fingerprint density at radius 2 is 1.86 bits per heavy atom. The van der Waals surface area contributed by atoms with Gasteiger partial charge in [-0.05, 0) is 31.5 Å². The molecule has 36 heavy (non-hydrogen) atoms. The molecule has 1 aromatic carbocycles. The second-order valence-corrected chi connectivity index (χ2v) is 7.96. The van der Waals surface area contributed by atoms with E-state index in [1.807, 2.05) is 35.8 Å². The van der Waals surface area contributed by atoms with Crippen LogP contribution in [-0.4, -0.2) is 62.1 Å². The maximum atomic E-state index is 13.1. The van der Waals surface area contributed by atoms with Crippen LogP contribution < -0.4 is 21.5 Å². The molecule has 3 heterocycles. The van der Waals surface area contributed by atoms with E-state index in [0.29, 0.717) is 29.3 Å².